The molecule has 2 aromatic carbocycles. The molecule has 0 aliphatic rings. The summed E-state index contributed by atoms with van der Waals surface area (Å²) in [6.45, 7) is 0.268. The number of halogens is 1. The Labute approximate surface area is 138 Å². The van der Waals surface area contributed by atoms with Crippen molar-refractivity contribution in [1.29, 1.82) is 5.26 Å². The van der Waals surface area contributed by atoms with Crippen LogP contribution >= 0.6 is 11.6 Å². The van der Waals surface area contributed by atoms with Gasteiger partial charge in [-0.3, -0.25) is 0 Å². The van der Waals surface area contributed by atoms with Crippen molar-refractivity contribution in [3.63, 3.8) is 0 Å². The minimum Gasteiger partial charge on any atom is -0.369 e. The highest BCUT2D eigenvalue weighted by Gasteiger charge is 2.11. The molecule has 0 bridgehead atoms. The first-order valence-corrected chi connectivity index (χ1v) is 8.16. The predicted molar refractivity (Wildman–Crippen MR) is 86.7 cm³/mol. The molecule has 0 spiro atoms. The number of hydrogen-bond donors (Lipinski definition) is 2. The Kier molecular flexibility index (Phi) is 5.08. The van der Waals surface area contributed by atoms with E-state index in [1.54, 1.807) is 30.3 Å². The summed E-state index contributed by atoms with van der Waals surface area (Å²) in [5.41, 5.74) is 1.88. The molecule has 0 fully saturated rings. The molecule has 0 unspecified atom stereocenters. The van der Waals surface area contributed by atoms with Gasteiger partial charge >= 0.3 is 10.3 Å². The Morgan fingerprint density at radius 1 is 1.22 bits per heavy atom. The van der Waals surface area contributed by atoms with Crippen LogP contribution in [0.1, 0.15) is 11.1 Å². The molecule has 9 heteroatoms. The van der Waals surface area contributed by atoms with Crippen molar-refractivity contribution >= 4 is 27.6 Å². The third-order valence-corrected chi connectivity index (χ3v) is 3.61. The largest absolute Gasteiger partial charge is 0.380 e. The Bertz CT molecular complexity index is 847. The van der Waals surface area contributed by atoms with Gasteiger partial charge in [0.15, 0.2) is 5.75 Å². The summed E-state index contributed by atoms with van der Waals surface area (Å²) in [6, 6.07) is 13.3. The van der Waals surface area contributed by atoms with E-state index in [1.807, 2.05) is 6.07 Å². The highest BCUT2D eigenvalue weighted by molar-refractivity contribution is 7.84. The fraction of sp³-hybridized carbons (Fsp3) is 0.0714. The van der Waals surface area contributed by atoms with Gasteiger partial charge in [0, 0.05) is 0 Å². The summed E-state index contributed by atoms with van der Waals surface area (Å²) in [6.07, 6.45) is 0. The topological polar surface area (TPSA) is 122 Å². The minimum atomic E-state index is -4.16. The van der Waals surface area contributed by atoms with Crippen LogP contribution in [0.25, 0.3) is 0 Å². The van der Waals surface area contributed by atoms with Crippen molar-refractivity contribution < 1.29 is 12.6 Å². The molecule has 0 aliphatic carbocycles. The number of nitrogens with zero attached hydrogens (tertiary/aromatic N) is 2. The van der Waals surface area contributed by atoms with Gasteiger partial charge in [-0.1, -0.05) is 17.7 Å². The van der Waals surface area contributed by atoms with Gasteiger partial charge in [0.1, 0.15) is 0 Å². The molecule has 2 aromatic rings. The summed E-state index contributed by atoms with van der Waals surface area (Å²) in [4.78, 5) is 0. The van der Waals surface area contributed by atoms with E-state index in [0.29, 0.717) is 16.8 Å². The molecule has 0 aliphatic heterocycles. The zero-order valence-corrected chi connectivity index (χ0v) is 13.4. The number of rotatable bonds is 5. The van der Waals surface area contributed by atoms with Crippen LogP contribution in [-0.2, 0) is 16.8 Å². The molecule has 0 aromatic heterocycles. The lowest BCUT2D eigenvalue weighted by molar-refractivity contribution is 0.487. The van der Waals surface area contributed by atoms with E-state index in [2.05, 4.69) is 4.18 Å². The second-order valence-electron chi connectivity index (χ2n) is 4.63. The van der Waals surface area contributed by atoms with Crippen LogP contribution in [0, 0.1) is 11.3 Å². The van der Waals surface area contributed by atoms with Crippen LogP contribution in [-0.4, -0.2) is 8.42 Å². The second kappa shape index (κ2) is 6.85. The normalized spacial score (nSPS) is 10.9. The van der Waals surface area contributed by atoms with E-state index in [0.717, 1.165) is 0 Å². The average Bonchev–Trinajstić information content (AvgIpc) is 2.49. The van der Waals surface area contributed by atoms with Crippen LogP contribution in [0.3, 0.4) is 0 Å². The Hall–Kier alpha value is -2.31. The number of nitrogens with two attached hydrogens (primary N) is 2. The number of hydrogen-bond acceptors (Lipinski definition) is 6. The third kappa shape index (κ3) is 4.84. The van der Waals surface area contributed by atoms with Crippen LogP contribution in [0.4, 0.5) is 5.69 Å². The Morgan fingerprint density at radius 3 is 2.43 bits per heavy atom. The SMILES string of the molecule is N#Cc1ccc(N(N)Cc2ccc(Cl)c(OS(N)(=O)=O)c2)cc1. The van der Waals surface area contributed by atoms with Crippen molar-refractivity contribution in [2.45, 2.75) is 6.54 Å². The highest BCUT2D eigenvalue weighted by atomic mass is 35.5. The van der Waals surface area contributed by atoms with Crippen molar-refractivity contribution in [3.8, 4) is 11.8 Å². The van der Waals surface area contributed by atoms with Gasteiger partial charge in [-0.15, -0.1) is 0 Å². The van der Waals surface area contributed by atoms with E-state index in [9.17, 15) is 8.42 Å². The number of benzene rings is 2. The lowest BCUT2D eigenvalue weighted by Crippen LogP contribution is -2.30. The molecule has 0 atom stereocenters. The molecule has 0 heterocycles. The maximum atomic E-state index is 11.0. The predicted octanol–water partition coefficient (Wildman–Crippen LogP) is 1.67. The van der Waals surface area contributed by atoms with E-state index >= 15 is 0 Å². The summed E-state index contributed by atoms with van der Waals surface area (Å²) < 4.78 is 26.6. The molecule has 7 nitrogen and oxygen atoms in total. The van der Waals surface area contributed by atoms with Gasteiger partial charge in [0.25, 0.3) is 0 Å². The Morgan fingerprint density at radius 2 is 1.87 bits per heavy atom. The van der Waals surface area contributed by atoms with Gasteiger partial charge < -0.3 is 9.19 Å². The van der Waals surface area contributed by atoms with Crippen molar-refractivity contribution in [1.82, 2.24) is 0 Å². The van der Waals surface area contributed by atoms with E-state index in [1.165, 1.54) is 17.1 Å². The summed E-state index contributed by atoms with van der Waals surface area (Å²) in [7, 11) is -4.16. The second-order valence-corrected chi connectivity index (χ2v) is 6.19. The molecule has 0 saturated heterocycles. The number of hydrazine groups is 1. The lowest BCUT2D eigenvalue weighted by Gasteiger charge is -2.19. The maximum absolute atomic E-state index is 11.0. The zero-order valence-electron chi connectivity index (χ0n) is 11.8. The van der Waals surface area contributed by atoms with Crippen molar-refractivity contribution in [3.05, 3.63) is 58.6 Å². The highest BCUT2D eigenvalue weighted by Crippen LogP contribution is 2.27. The number of anilines is 1. The van der Waals surface area contributed by atoms with Gasteiger partial charge in [-0.05, 0) is 42.0 Å². The third-order valence-electron chi connectivity index (χ3n) is 2.88. The van der Waals surface area contributed by atoms with E-state index in [4.69, 9.17) is 27.8 Å². The summed E-state index contributed by atoms with van der Waals surface area (Å²) in [5.74, 6) is 5.90. The van der Waals surface area contributed by atoms with Gasteiger partial charge in [-0.2, -0.15) is 18.8 Å². The number of nitriles is 1. The van der Waals surface area contributed by atoms with Gasteiger partial charge in [0.2, 0.25) is 0 Å². The molecule has 2 rings (SSSR count). The molecule has 0 amide bonds. The van der Waals surface area contributed by atoms with Crippen LogP contribution in [0.5, 0.6) is 5.75 Å². The molecule has 0 radical (unpaired) electrons. The van der Waals surface area contributed by atoms with Crippen molar-refractivity contribution in [2.75, 3.05) is 5.01 Å². The molecule has 4 N–H and O–H groups in total. The molecule has 120 valence electrons. The first-order valence-electron chi connectivity index (χ1n) is 6.31. The van der Waals surface area contributed by atoms with Crippen LogP contribution in [0.15, 0.2) is 42.5 Å². The fourth-order valence-corrected chi connectivity index (χ4v) is 2.44. The average molecular weight is 353 g/mol. The van der Waals surface area contributed by atoms with Gasteiger partial charge in [0.05, 0.1) is 28.9 Å². The quantitative estimate of drug-likeness (QED) is 0.623. The Balaban J connectivity index is 2.19. The standard InChI is InChI=1S/C14H13ClN4O3S/c15-13-6-3-11(7-14(13)22-23(18,20)21)9-19(17)12-4-1-10(8-16)2-5-12/h1-7H,9,17H2,(H2,18,20,21). The molecule has 23 heavy (non-hydrogen) atoms. The molecular formula is C14H13ClN4O3S. The minimum absolute atomic E-state index is 0.0695. The van der Waals surface area contributed by atoms with E-state index < -0.39 is 10.3 Å². The first-order chi connectivity index (χ1) is 10.8. The lowest BCUT2D eigenvalue weighted by atomic mass is 10.2. The maximum Gasteiger partial charge on any atom is 0.380 e. The van der Waals surface area contributed by atoms with Crippen molar-refractivity contribution in [2.24, 2.45) is 11.0 Å². The first kappa shape index (κ1) is 17.1. The summed E-state index contributed by atoms with van der Waals surface area (Å²) in [5, 5.41) is 15.2. The molecule has 0 saturated carbocycles. The fourth-order valence-electron chi connectivity index (χ4n) is 1.85. The molecular weight excluding hydrogens is 340 g/mol. The zero-order chi connectivity index (χ0) is 17.0. The van der Waals surface area contributed by atoms with Crippen LogP contribution < -0.4 is 20.2 Å². The summed E-state index contributed by atoms with van der Waals surface area (Å²) >= 11 is 5.87. The van der Waals surface area contributed by atoms with Crippen LogP contribution in [0.2, 0.25) is 5.02 Å². The van der Waals surface area contributed by atoms with E-state index in [-0.39, 0.29) is 17.3 Å². The monoisotopic (exact) mass is 352 g/mol. The smallest absolute Gasteiger partial charge is 0.369 e. The van der Waals surface area contributed by atoms with Gasteiger partial charge in [-0.25, -0.2) is 5.84 Å².